The molecule has 1 aromatic heterocycles. The number of fused-ring (bicyclic) bond motifs is 1. The Labute approximate surface area is 116 Å². The minimum absolute atomic E-state index is 0.00430. The van der Waals surface area contributed by atoms with Gasteiger partial charge in [-0.2, -0.15) is 0 Å². The largest absolute Gasteiger partial charge is 0.397 e. The number of aromatic amines is 1. The monoisotopic (exact) mass is 271 g/mol. The number of hydrogen-bond donors (Lipinski definition) is 4. The van der Waals surface area contributed by atoms with E-state index in [1.54, 1.807) is 12.4 Å². The van der Waals surface area contributed by atoms with Gasteiger partial charge in [0, 0.05) is 24.5 Å². The van der Waals surface area contributed by atoms with Gasteiger partial charge in [-0.15, -0.1) is 0 Å². The third-order valence-corrected chi connectivity index (χ3v) is 3.47. The first-order chi connectivity index (χ1) is 9.63. The van der Waals surface area contributed by atoms with Crippen LogP contribution in [0.4, 0.5) is 17.1 Å². The molecule has 1 amide bonds. The van der Waals surface area contributed by atoms with Crippen molar-refractivity contribution in [2.45, 2.75) is 25.8 Å². The Balaban J connectivity index is 1.86. The average molecular weight is 271 g/mol. The van der Waals surface area contributed by atoms with Gasteiger partial charge >= 0.3 is 0 Å². The Hall–Kier alpha value is -2.50. The number of imidazole rings is 1. The van der Waals surface area contributed by atoms with E-state index >= 15 is 0 Å². The van der Waals surface area contributed by atoms with Crippen LogP contribution >= 0.6 is 0 Å². The highest BCUT2D eigenvalue weighted by Crippen LogP contribution is 2.32. The summed E-state index contributed by atoms with van der Waals surface area (Å²) in [6.07, 6.45) is 4.75. The number of hydrogen-bond acceptors (Lipinski definition) is 4. The number of benzene rings is 1. The molecule has 5 N–H and O–H groups in total. The molecule has 3 rings (SSSR count). The summed E-state index contributed by atoms with van der Waals surface area (Å²) in [5.41, 5.74) is 9.47. The van der Waals surface area contributed by atoms with Crippen molar-refractivity contribution in [2.24, 2.45) is 0 Å². The molecule has 1 atom stereocenters. The number of nitrogens with two attached hydrogens (primary N) is 1. The van der Waals surface area contributed by atoms with Crippen LogP contribution in [0, 0.1) is 0 Å². The molecule has 0 fully saturated rings. The van der Waals surface area contributed by atoms with Gasteiger partial charge < -0.3 is 21.4 Å². The smallest absolute Gasteiger partial charge is 0.224 e. The minimum atomic E-state index is 0.00430. The highest BCUT2D eigenvalue weighted by Gasteiger charge is 2.17. The molecule has 6 heteroatoms. The van der Waals surface area contributed by atoms with E-state index in [0.717, 1.165) is 29.2 Å². The van der Waals surface area contributed by atoms with E-state index < -0.39 is 0 Å². The van der Waals surface area contributed by atoms with Crippen LogP contribution in [0.15, 0.2) is 24.5 Å². The van der Waals surface area contributed by atoms with E-state index in [9.17, 15) is 4.79 Å². The van der Waals surface area contributed by atoms with Crippen LogP contribution in [0.2, 0.25) is 0 Å². The van der Waals surface area contributed by atoms with Gasteiger partial charge in [0.25, 0.3) is 0 Å². The summed E-state index contributed by atoms with van der Waals surface area (Å²) in [4.78, 5) is 18.7. The molecule has 2 heterocycles. The average Bonchev–Trinajstić information content (AvgIpc) is 2.94. The second-order valence-corrected chi connectivity index (χ2v) is 4.99. The van der Waals surface area contributed by atoms with Crippen molar-refractivity contribution in [1.29, 1.82) is 0 Å². The van der Waals surface area contributed by atoms with Crippen molar-refractivity contribution < 1.29 is 4.79 Å². The van der Waals surface area contributed by atoms with Gasteiger partial charge in [0.2, 0.25) is 5.91 Å². The number of carbonyl (C=O) groups excluding carboxylic acids is 1. The predicted octanol–water partition coefficient (Wildman–Crippen LogP) is 2.05. The van der Waals surface area contributed by atoms with Gasteiger partial charge in [0.1, 0.15) is 5.82 Å². The molecule has 104 valence electrons. The molecule has 0 spiro atoms. The lowest BCUT2D eigenvalue weighted by atomic mass is 10.0. The van der Waals surface area contributed by atoms with E-state index in [1.807, 2.05) is 19.1 Å². The number of aryl methyl sites for hydroxylation is 1. The fraction of sp³-hybridized carbons (Fsp3) is 0.286. The summed E-state index contributed by atoms with van der Waals surface area (Å²) in [5, 5.41) is 6.19. The van der Waals surface area contributed by atoms with E-state index in [4.69, 9.17) is 5.73 Å². The topological polar surface area (TPSA) is 95.8 Å². The Morgan fingerprint density at radius 1 is 1.40 bits per heavy atom. The number of amides is 1. The fourth-order valence-electron chi connectivity index (χ4n) is 2.39. The zero-order valence-corrected chi connectivity index (χ0v) is 11.2. The molecule has 1 aliphatic rings. The van der Waals surface area contributed by atoms with Crippen molar-refractivity contribution in [3.8, 4) is 0 Å². The quantitative estimate of drug-likeness (QED) is 0.642. The van der Waals surface area contributed by atoms with Gasteiger partial charge in [-0.05, 0) is 31.0 Å². The number of nitrogens with zero attached hydrogens (tertiary/aromatic N) is 1. The summed E-state index contributed by atoms with van der Waals surface area (Å²) in [7, 11) is 0. The highest BCUT2D eigenvalue weighted by atomic mass is 16.1. The van der Waals surface area contributed by atoms with Crippen LogP contribution in [-0.2, 0) is 11.2 Å². The minimum Gasteiger partial charge on any atom is -0.397 e. The van der Waals surface area contributed by atoms with Crippen molar-refractivity contribution in [3.63, 3.8) is 0 Å². The van der Waals surface area contributed by atoms with Crippen molar-refractivity contribution >= 4 is 23.0 Å². The van der Waals surface area contributed by atoms with Crippen molar-refractivity contribution in [2.75, 3.05) is 16.4 Å². The first-order valence-corrected chi connectivity index (χ1v) is 6.61. The van der Waals surface area contributed by atoms with Crippen LogP contribution in [0.5, 0.6) is 0 Å². The van der Waals surface area contributed by atoms with Crippen LogP contribution in [-0.4, -0.2) is 15.9 Å². The van der Waals surface area contributed by atoms with Gasteiger partial charge in [-0.1, -0.05) is 0 Å². The summed E-state index contributed by atoms with van der Waals surface area (Å²) >= 11 is 0. The van der Waals surface area contributed by atoms with Crippen LogP contribution in [0.25, 0.3) is 0 Å². The molecule has 1 aliphatic heterocycles. The molecule has 20 heavy (non-hydrogen) atoms. The van der Waals surface area contributed by atoms with E-state index in [-0.39, 0.29) is 11.9 Å². The number of nitrogen functional groups attached to an aromatic ring is 1. The second kappa shape index (κ2) is 4.88. The number of carbonyl (C=O) groups is 1. The predicted molar refractivity (Wildman–Crippen MR) is 78.4 cm³/mol. The normalized spacial score (nSPS) is 15.3. The summed E-state index contributed by atoms with van der Waals surface area (Å²) in [5.74, 6) is 0.887. The van der Waals surface area contributed by atoms with Crippen LogP contribution in [0.1, 0.15) is 30.8 Å². The maximum absolute atomic E-state index is 11.5. The van der Waals surface area contributed by atoms with E-state index in [0.29, 0.717) is 12.1 Å². The number of H-pyrrole nitrogens is 1. The van der Waals surface area contributed by atoms with E-state index in [1.165, 1.54) is 0 Å². The second-order valence-electron chi connectivity index (χ2n) is 4.99. The number of aromatic nitrogens is 2. The third kappa shape index (κ3) is 2.32. The Morgan fingerprint density at radius 3 is 3.00 bits per heavy atom. The summed E-state index contributed by atoms with van der Waals surface area (Å²) < 4.78 is 0. The molecule has 0 bridgehead atoms. The maximum atomic E-state index is 11.5. The van der Waals surface area contributed by atoms with Gasteiger partial charge in [0.15, 0.2) is 0 Å². The zero-order valence-electron chi connectivity index (χ0n) is 11.2. The molecule has 1 unspecified atom stereocenters. The molecule has 0 saturated carbocycles. The van der Waals surface area contributed by atoms with Gasteiger partial charge in [0.05, 0.1) is 17.4 Å². The van der Waals surface area contributed by atoms with Gasteiger partial charge in [-0.3, -0.25) is 4.79 Å². The van der Waals surface area contributed by atoms with Crippen molar-refractivity contribution in [1.82, 2.24) is 9.97 Å². The van der Waals surface area contributed by atoms with Gasteiger partial charge in [-0.25, -0.2) is 4.98 Å². The highest BCUT2D eigenvalue weighted by molar-refractivity contribution is 5.95. The molecule has 0 saturated heterocycles. The standard InChI is InChI=1S/C14H17N5O/c1-8(14-16-4-5-17-14)18-12-7-11-9(6-10(12)15)2-3-13(20)19-11/h4-8,18H,2-3,15H2,1H3,(H,16,17)(H,19,20). The summed E-state index contributed by atoms with van der Waals surface area (Å²) in [6, 6.07) is 3.82. The van der Waals surface area contributed by atoms with Crippen LogP contribution < -0.4 is 16.4 Å². The molecule has 1 aromatic carbocycles. The lowest BCUT2D eigenvalue weighted by molar-refractivity contribution is -0.116. The number of rotatable bonds is 3. The van der Waals surface area contributed by atoms with Crippen molar-refractivity contribution in [3.05, 3.63) is 35.9 Å². The molecule has 2 aromatic rings. The Morgan fingerprint density at radius 2 is 2.25 bits per heavy atom. The van der Waals surface area contributed by atoms with E-state index in [2.05, 4.69) is 20.6 Å². The van der Waals surface area contributed by atoms with Crippen LogP contribution in [0.3, 0.4) is 0 Å². The first kappa shape index (κ1) is 12.5. The number of anilines is 3. The Bertz CT molecular complexity index is 635. The first-order valence-electron chi connectivity index (χ1n) is 6.61. The number of nitrogens with one attached hydrogen (secondary N) is 3. The Kier molecular flexibility index (Phi) is 3.06. The molecular formula is C14H17N5O. The fourth-order valence-corrected chi connectivity index (χ4v) is 2.39. The molecule has 0 aliphatic carbocycles. The molecular weight excluding hydrogens is 254 g/mol. The molecule has 6 nitrogen and oxygen atoms in total. The zero-order chi connectivity index (χ0) is 14.1. The molecule has 0 radical (unpaired) electrons. The lowest BCUT2D eigenvalue weighted by Crippen LogP contribution is -2.20. The third-order valence-electron chi connectivity index (χ3n) is 3.47. The summed E-state index contributed by atoms with van der Waals surface area (Å²) in [6.45, 7) is 2.00. The SMILES string of the molecule is CC(Nc1cc2c(cc1N)CCC(=O)N2)c1ncc[nH]1. The maximum Gasteiger partial charge on any atom is 0.224 e. The lowest BCUT2D eigenvalue weighted by Gasteiger charge is -2.21.